The van der Waals surface area contributed by atoms with Crippen LogP contribution in [0.2, 0.25) is 0 Å². The molecule has 0 saturated carbocycles. The number of aromatic nitrogens is 1. The molecule has 0 aliphatic rings. The van der Waals surface area contributed by atoms with Crippen LogP contribution in [0.25, 0.3) is 10.8 Å². The largest absolute Gasteiger partial charge is 0.310 e. The average molecular weight is 256 g/mol. The molecule has 2 aromatic rings. The van der Waals surface area contributed by atoms with Gasteiger partial charge < -0.3 is 5.32 Å². The highest BCUT2D eigenvalue weighted by Crippen LogP contribution is 2.17. The molecule has 0 fully saturated rings. The number of hydrogen-bond acceptors (Lipinski definition) is 2. The van der Waals surface area contributed by atoms with Crippen LogP contribution in [0.15, 0.2) is 36.7 Å². The lowest BCUT2D eigenvalue weighted by molar-refractivity contribution is 0.488. The van der Waals surface area contributed by atoms with Gasteiger partial charge in [-0.05, 0) is 24.3 Å². The summed E-state index contributed by atoms with van der Waals surface area (Å²) in [7, 11) is 0. The van der Waals surface area contributed by atoms with E-state index in [1.807, 2.05) is 12.4 Å². The highest BCUT2D eigenvalue weighted by Gasteiger charge is 2.04. The number of unbranched alkanes of at least 4 members (excludes halogenated alkanes) is 2. The monoisotopic (exact) mass is 256 g/mol. The Morgan fingerprint density at radius 1 is 1.16 bits per heavy atom. The van der Waals surface area contributed by atoms with E-state index in [4.69, 9.17) is 0 Å². The van der Waals surface area contributed by atoms with Gasteiger partial charge in [0.25, 0.3) is 0 Å². The van der Waals surface area contributed by atoms with Crippen LogP contribution in [0.5, 0.6) is 0 Å². The van der Waals surface area contributed by atoms with Crippen molar-refractivity contribution in [2.24, 2.45) is 0 Å². The fraction of sp³-hybridized carbons (Fsp3) is 0.471. The van der Waals surface area contributed by atoms with Crippen molar-refractivity contribution in [3.8, 4) is 0 Å². The third kappa shape index (κ3) is 4.03. The maximum Gasteiger partial charge on any atom is 0.0346 e. The van der Waals surface area contributed by atoms with Gasteiger partial charge in [-0.15, -0.1) is 0 Å². The Morgan fingerprint density at radius 3 is 2.84 bits per heavy atom. The SMILES string of the molecule is CCCCCC(C)NCc1cncc2ccccc12. The lowest BCUT2D eigenvalue weighted by atomic mass is 10.1. The Bertz CT molecular complexity index is 502. The van der Waals surface area contributed by atoms with Crippen molar-refractivity contribution >= 4 is 10.8 Å². The normalized spacial score (nSPS) is 12.7. The van der Waals surface area contributed by atoms with Gasteiger partial charge in [0, 0.05) is 30.4 Å². The summed E-state index contributed by atoms with van der Waals surface area (Å²) in [4.78, 5) is 4.33. The Hall–Kier alpha value is -1.41. The third-order valence-corrected chi connectivity index (χ3v) is 3.63. The molecule has 0 spiro atoms. The molecular weight excluding hydrogens is 232 g/mol. The summed E-state index contributed by atoms with van der Waals surface area (Å²) in [5.41, 5.74) is 1.29. The van der Waals surface area contributed by atoms with E-state index in [-0.39, 0.29) is 0 Å². The van der Waals surface area contributed by atoms with Crippen LogP contribution in [0.4, 0.5) is 0 Å². The minimum atomic E-state index is 0.575. The first-order valence-electron chi connectivity index (χ1n) is 7.36. The number of fused-ring (bicyclic) bond motifs is 1. The number of pyridine rings is 1. The van der Waals surface area contributed by atoms with Crippen LogP contribution < -0.4 is 5.32 Å². The minimum Gasteiger partial charge on any atom is -0.310 e. The molecule has 1 atom stereocenters. The standard InChI is InChI=1S/C17H24N2/c1-3-4-5-8-14(2)19-13-16-12-18-11-15-9-6-7-10-17(15)16/h6-7,9-12,14,19H,3-5,8,13H2,1-2H3. The molecule has 2 rings (SSSR count). The Morgan fingerprint density at radius 2 is 2.00 bits per heavy atom. The first kappa shape index (κ1) is 14.0. The predicted molar refractivity (Wildman–Crippen MR) is 82.2 cm³/mol. The van der Waals surface area contributed by atoms with Crippen molar-refractivity contribution in [2.75, 3.05) is 0 Å². The number of rotatable bonds is 7. The summed E-state index contributed by atoms with van der Waals surface area (Å²) in [6.07, 6.45) is 9.11. The molecule has 19 heavy (non-hydrogen) atoms. The highest BCUT2D eigenvalue weighted by atomic mass is 14.9. The zero-order valence-electron chi connectivity index (χ0n) is 12.0. The van der Waals surface area contributed by atoms with Gasteiger partial charge in [0.1, 0.15) is 0 Å². The van der Waals surface area contributed by atoms with E-state index in [1.54, 1.807) is 0 Å². The molecule has 1 N–H and O–H groups in total. The van der Waals surface area contributed by atoms with Gasteiger partial charge in [0.2, 0.25) is 0 Å². The average Bonchev–Trinajstić information content (AvgIpc) is 2.45. The molecular formula is C17H24N2. The summed E-state index contributed by atoms with van der Waals surface area (Å²) < 4.78 is 0. The fourth-order valence-electron chi connectivity index (χ4n) is 2.41. The van der Waals surface area contributed by atoms with Crippen LogP contribution in [0.3, 0.4) is 0 Å². The molecule has 0 bridgehead atoms. The van der Waals surface area contributed by atoms with Crippen LogP contribution in [0.1, 0.15) is 45.1 Å². The summed E-state index contributed by atoms with van der Waals surface area (Å²) in [5, 5.41) is 6.14. The number of hydrogen-bond donors (Lipinski definition) is 1. The summed E-state index contributed by atoms with van der Waals surface area (Å²) in [5.74, 6) is 0. The second kappa shape index (κ2) is 7.25. The second-order valence-electron chi connectivity index (χ2n) is 5.30. The van der Waals surface area contributed by atoms with Gasteiger partial charge in [-0.1, -0.05) is 50.5 Å². The zero-order chi connectivity index (χ0) is 13.5. The van der Waals surface area contributed by atoms with Crippen molar-refractivity contribution < 1.29 is 0 Å². The maximum atomic E-state index is 4.33. The van der Waals surface area contributed by atoms with Crippen LogP contribution in [-0.2, 0) is 6.54 Å². The van der Waals surface area contributed by atoms with Crippen molar-refractivity contribution in [3.63, 3.8) is 0 Å². The molecule has 0 saturated heterocycles. The van der Waals surface area contributed by atoms with Gasteiger partial charge >= 0.3 is 0 Å². The summed E-state index contributed by atoms with van der Waals surface area (Å²) in [6, 6.07) is 9.03. The van der Waals surface area contributed by atoms with E-state index in [0.29, 0.717) is 6.04 Å². The molecule has 1 heterocycles. The van der Waals surface area contributed by atoms with E-state index in [2.05, 4.69) is 48.4 Å². The van der Waals surface area contributed by atoms with Gasteiger partial charge in [-0.3, -0.25) is 4.98 Å². The van der Waals surface area contributed by atoms with Gasteiger partial charge in [0.15, 0.2) is 0 Å². The Balaban J connectivity index is 1.94. The zero-order valence-corrected chi connectivity index (χ0v) is 12.0. The molecule has 0 amide bonds. The lowest BCUT2D eigenvalue weighted by Crippen LogP contribution is -2.25. The molecule has 2 nitrogen and oxygen atoms in total. The summed E-state index contributed by atoms with van der Waals surface area (Å²) >= 11 is 0. The van der Waals surface area contributed by atoms with E-state index >= 15 is 0 Å². The van der Waals surface area contributed by atoms with E-state index < -0.39 is 0 Å². The molecule has 102 valence electrons. The number of nitrogens with zero attached hydrogens (tertiary/aromatic N) is 1. The van der Waals surface area contributed by atoms with Crippen LogP contribution in [-0.4, -0.2) is 11.0 Å². The fourth-order valence-corrected chi connectivity index (χ4v) is 2.41. The number of nitrogens with one attached hydrogen (secondary N) is 1. The highest BCUT2D eigenvalue weighted by molar-refractivity contribution is 5.84. The van der Waals surface area contributed by atoms with Crippen molar-refractivity contribution in [1.29, 1.82) is 0 Å². The molecule has 1 aromatic carbocycles. The second-order valence-corrected chi connectivity index (χ2v) is 5.30. The molecule has 0 aliphatic carbocycles. The quantitative estimate of drug-likeness (QED) is 0.747. The van der Waals surface area contributed by atoms with Crippen molar-refractivity contribution in [2.45, 2.75) is 52.1 Å². The van der Waals surface area contributed by atoms with Crippen LogP contribution in [0, 0.1) is 0 Å². The Labute approximate surface area is 116 Å². The third-order valence-electron chi connectivity index (χ3n) is 3.63. The first-order valence-corrected chi connectivity index (χ1v) is 7.36. The topological polar surface area (TPSA) is 24.9 Å². The molecule has 0 aliphatic heterocycles. The lowest BCUT2D eigenvalue weighted by Gasteiger charge is -2.14. The smallest absolute Gasteiger partial charge is 0.0346 e. The van der Waals surface area contributed by atoms with Gasteiger partial charge in [0.05, 0.1) is 0 Å². The number of benzene rings is 1. The molecule has 2 heteroatoms. The van der Waals surface area contributed by atoms with Gasteiger partial charge in [-0.2, -0.15) is 0 Å². The first-order chi connectivity index (χ1) is 9.31. The predicted octanol–water partition coefficient (Wildman–Crippen LogP) is 4.29. The minimum absolute atomic E-state index is 0.575. The van der Waals surface area contributed by atoms with E-state index in [0.717, 1.165) is 6.54 Å². The molecule has 1 unspecified atom stereocenters. The van der Waals surface area contributed by atoms with Crippen molar-refractivity contribution in [3.05, 3.63) is 42.2 Å². The molecule has 1 aromatic heterocycles. The van der Waals surface area contributed by atoms with E-state index in [1.165, 1.54) is 42.0 Å². The molecule has 0 radical (unpaired) electrons. The van der Waals surface area contributed by atoms with Gasteiger partial charge in [-0.25, -0.2) is 0 Å². The maximum absolute atomic E-state index is 4.33. The Kier molecular flexibility index (Phi) is 5.34. The summed E-state index contributed by atoms with van der Waals surface area (Å²) in [6.45, 7) is 5.43. The van der Waals surface area contributed by atoms with Crippen molar-refractivity contribution in [1.82, 2.24) is 10.3 Å². The van der Waals surface area contributed by atoms with Crippen LogP contribution >= 0.6 is 0 Å². The van der Waals surface area contributed by atoms with E-state index in [9.17, 15) is 0 Å².